The summed E-state index contributed by atoms with van der Waals surface area (Å²) in [6.07, 6.45) is 4.06. The zero-order chi connectivity index (χ0) is 15.0. The van der Waals surface area contributed by atoms with Gasteiger partial charge in [0.25, 0.3) is 0 Å². The summed E-state index contributed by atoms with van der Waals surface area (Å²) < 4.78 is 1.85. The average molecular weight is 301 g/mol. The second-order valence-corrected chi connectivity index (χ2v) is 5.99. The maximum absolute atomic E-state index is 12.9. The number of fused-ring (bicyclic) bond motifs is 1. The van der Waals surface area contributed by atoms with Gasteiger partial charge in [-0.15, -0.1) is 11.8 Å². The maximum Gasteiger partial charge on any atom is 0.323 e. The number of hydrogen-bond acceptors (Lipinski definition) is 3. The van der Waals surface area contributed by atoms with Crippen LogP contribution in [-0.2, 0) is 16.8 Å². The number of benzene rings is 1. The van der Waals surface area contributed by atoms with Gasteiger partial charge in [0.05, 0.1) is 0 Å². The number of Topliss-reactive ketones (excluding diaryl/α,β-unsaturated/α-hetero) is 1. The van der Waals surface area contributed by atoms with Crippen molar-refractivity contribution in [2.24, 2.45) is 0 Å². The molecule has 3 rings (SSSR count). The molecule has 1 N–H and O–H groups in total. The van der Waals surface area contributed by atoms with Crippen molar-refractivity contribution in [3.05, 3.63) is 53.9 Å². The number of aryl methyl sites for hydroxylation is 1. The van der Waals surface area contributed by atoms with Gasteiger partial charge in [0.15, 0.2) is 11.2 Å². The highest BCUT2D eigenvalue weighted by Crippen LogP contribution is 2.39. The van der Waals surface area contributed by atoms with E-state index >= 15 is 0 Å². The Morgan fingerprint density at radius 3 is 2.81 bits per heavy atom. The van der Waals surface area contributed by atoms with Gasteiger partial charge >= 0.3 is 5.97 Å². The molecule has 1 aromatic heterocycles. The van der Waals surface area contributed by atoms with E-state index in [1.165, 1.54) is 11.8 Å². The maximum atomic E-state index is 12.9. The summed E-state index contributed by atoms with van der Waals surface area (Å²) in [5.74, 6) is -1.40. The minimum absolute atomic E-state index is 0.306. The molecule has 0 aliphatic carbocycles. The Hall–Kier alpha value is -2.01. The summed E-state index contributed by atoms with van der Waals surface area (Å²) in [5, 5.41) is 9.75. The van der Waals surface area contributed by atoms with Crippen LogP contribution >= 0.6 is 11.8 Å². The SMILES string of the molecule is CSc1cccc(C(=O)C2(C(=O)O)CCn3cccc32)c1. The highest BCUT2D eigenvalue weighted by atomic mass is 32.2. The molecule has 0 bridgehead atoms. The lowest BCUT2D eigenvalue weighted by molar-refractivity contribution is -0.141. The van der Waals surface area contributed by atoms with Gasteiger partial charge in [0.2, 0.25) is 0 Å². The van der Waals surface area contributed by atoms with E-state index in [0.29, 0.717) is 24.2 Å². The van der Waals surface area contributed by atoms with Crippen LogP contribution in [0.2, 0.25) is 0 Å². The minimum Gasteiger partial charge on any atom is -0.480 e. The number of ketones is 1. The fourth-order valence-electron chi connectivity index (χ4n) is 2.97. The third-order valence-electron chi connectivity index (χ3n) is 4.08. The van der Waals surface area contributed by atoms with Crippen molar-refractivity contribution in [3.8, 4) is 0 Å². The molecular formula is C16H15NO3S. The first kappa shape index (κ1) is 13.9. The monoisotopic (exact) mass is 301 g/mol. The first-order chi connectivity index (χ1) is 10.1. The van der Waals surface area contributed by atoms with Crippen LogP contribution in [-0.4, -0.2) is 27.7 Å². The number of aromatic nitrogens is 1. The number of carbonyl (C=O) groups excluding carboxylic acids is 1. The topological polar surface area (TPSA) is 59.3 Å². The number of rotatable bonds is 4. The quantitative estimate of drug-likeness (QED) is 0.536. The summed E-state index contributed by atoms with van der Waals surface area (Å²) >= 11 is 1.53. The van der Waals surface area contributed by atoms with Crippen molar-refractivity contribution in [3.63, 3.8) is 0 Å². The van der Waals surface area contributed by atoms with Crippen LogP contribution in [0.25, 0.3) is 0 Å². The summed E-state index contributed by atoms with van der Waals surface area (Å²) in [7, 11) is 0. The molecule has 0 amide bonds. The van der Waals surface area contributed by atoms with Crippen molar-refractivity contribution in [1.82, 2.24) is 4.57 Å². The van der Waals surface area contributed by atoms with Crippen LogP contribution in [0.4, 0.5) is 0 Å². The Labute approximate surface area is 126 Å². The minimum atomic E-state index is -1.46. The van der Waals surface area contributed by atoms with Crippen LogP contribution in [0.5, 0.6) is 0 Å². The number of nitrogens with zero attached hydrogens (tertiary/aromatic N) is 1. The summed E-state index contributed by atoms with van der Waals surface area (Å²) in [5.41, 5.74) is -0.422. The van der Waals surface area contributed by atoms with Crippen molar-refractivity contribution in [1.29, 1.82) is 0 Å². The number of carboxylic acids is 1. The molecular weight excluding hydrogens is 286 g/mol. The highest BCUT2D eigenvalue weighted by molar-refractivity contribution is 7.98. The van der Waals surface area contributed by atoms with Gasteiger partial charge in [-0.2, -0.15) is 0 Å². The van der Waals surface area contributed by atoms with Gasteiger partial charge in [-0.25, -0.2) is 0 Å². The molecule has 5 heteroatoms. The van der Waals surface area contributed by atoms with Gasteiger partial charge in [0, 0.05) is 28.9 Å². The van der Waals surface area contributed by atoms with Crippen molar-refractivity contribution in [2.45, 2.75) is 23.3 Å². The summed E-state index contributed by atoms with van der Waals surface area (Å²) in [4.78, 5) is 25.8. The normalized spacial score (nSPS) is 20.2. The Kier molecular flexibility index (Phi) is 3.37. The molecule has 1 aliphatic heterocycles. The number of carbonyl (C=O) groups is 2. The van der Waals surface area contributed by atoms with E-state index in [4.69, 9.17) is 0 Å². The van der Waals surface area contributed by atoms with E-state index in [2.05, 4.69) is 0 Å². The first-order valence-electron chi connectivity index (χ1n) is 6.67. The van der Waals surface area contributed by atoms with Crippen LogP contribution in [0.15, 0.2) is 47.5 Å². The first-order valence-corrected chi connectivity index (χ1v) is 7.90. The van der Waals surface area contributed by atoms with Crippen molar-refractivity contribution < 1.29 is 14.7 Å². The van der Waals surface area contributed by atoms with Crippen LogP contribution in [0.3, 0.4) is 0 Å². The second kappa shape index (κ2) is 5.07. The largest absolute Gasteiger partial charge is 0.480 e. The molecule has 0 saturated heterocycles. The number of carboxylic acid groups (broad SMARTS) is 1. The lowest BCUT2D eigenvalue weighted by atomic mass is 9.76. The molecule has 2 heterocycles. The Balaban J connectivity index is 2.11. The van der Waals surface area contributed by atoms with E-state index in [-0.39, 0.29) is 5.78 Å². The van der Waals surface area contributed by atoms with Gasteiger partial charge in [-0.1, -0.05) is 12.1 Å². The van der Waals surface area contributed by atoms with Gasteiger partial charge < -0.3 is 9.67 Å². The smallest absolute Gasteiger partial charge is 0.323 e. The molecule has 1 aromatic carbocycles. The highest BCUT2D eigenvalue weighted by Gasteiger charge is 2.52. The molecule has 1 unspecified atom stereocenters. The summed E-state index contributed by atoms with van der Waals surface area (Å²) in [6, 6.07) is 10.7. The number of thioether (sulfide) groups is 1. The van der Waals surface area contributed by atoms with E-state index in [9.17, 15) is 14.7 Å². The molecule has 0 saturated carbocycles. The fraction of sp³-hybridized carbons (Fsp3) is 0.250. The van der Waals surface area contributed by atoms with E-state index < -0.39 is 11.4 Å². The molecule has 1 atom stereocenters. The Morgan fingerprint density at radius 2 is 2.10 bits per heavy atom. The van der Waals surface area contributed by atoms with Crippen LogP contribution < -0.4 is 0 Å². The third-order valence-corrected chi connectivity index (χ3v) is 4.80. The zero-order valence-electron chi connectivity index (χ0n) is 11.6. The van der Waals surface area contributed by atoms with Gasteiger partial charge in [-0.05, 0) is 36.9 Å². The fourth-order valence-corrected chi connectivity index (χ4v) is 3.43. The van der Waals surface area contributed by atoms with Crippen LogP contribution in [0.1, 0.15) is 22.5 Å². The predicted molar refractivity (Wildman–Crippen MR) is 80.9 cm³/mol. The Morgan fingerprint density at radius 1 is 1.29 bits per heavy atom. The lowest BCUT2D eigenvalue weighted by Gasteiger charge is -2.22. The van der Waals surface area contributed by atoms with Crippen molar-refractivity contribution >= 4 is 23.5 Å². The summed E-state index contributed by atoms with van der Waals surface area (Å²) in [6.45, 7) is 0.558. The molecule has 4 nitrogen and oxygen atoms in total. The predicted octanol–water partition coefficient (Wildman–Crippen LogP) is 2.82. The van der Waals surface area contributed by atoms with Gasteiger partial charge in [-0.3, -0.25) is 9.59 Å². The molecule has 108 valence electrons. The van der Waals surface area contributed by atoms with Gasteiger partial charge in [0.1, 0.15) is 0 Å². The molecule has 21 heavy (non-hydrogen) atoms. The molecule has 0 radical (unpaired) electrons. The van der Waals surface area contributed by atoms with E-state index in [1.54, 1.807) is 30.3 Å². The molecule has 0 fully saturated rings. The van der Waals surface area contributed by atoms with E-state index in [0.717, 1.165) is 4.90 Å². The number of aliphatic carboxylic acids is 1. The molecule has 2 aromatic rings. The second-order valence-electron chi connectivity index (χ2n) is 5.11. The van der Waals surface area contributed by atoms with Crippen molar-refractivity contribution in [2.75, 3.05) is 6.26 Å². The zero-order valence-corrected chi connectivity index (χ0v) is 12.4. The molecule has 1 aliphatic rings. The third kappa shape index (κ3) is 2.00. The van der Waals surface area contributed by atoms with Crippen LogP contribution in [0, 0.1) is 0 Å². The Bertz CT molecular complexity index is 722. The lowest BCUT2D eigenvalue weighted by Crippen LogP contribution is -2.42. The molecule has 0 spiro atoms. The number of hydrogen-bond donors (Lipinski definition) is 1. The van der Waals surface area contributed by atoms with E-state index in [1.807, 2.05) is 23.1 Å². The average Bonchev–Trinajstić information content (AvgIpc) is 3.08. The standard InChI is InChI=1S/C16H15NO3S/c1-21-12-5-2-4-11(10-12)14(18)16(15(19)20)7-9-17-8-3-6-13(16)17/h2-6,8,10H,7,9H2,1H3,(H,19,20).